The van der Waals surface area contributed by atoms with E-state index < -0.39 is 115 Å². The van der Waals surface area contributed by atoms with Gasteiger partial charge in [0.25, 0.3) is 0 Å². The predicted octanol–water partition coefficient (Wildman–Crippen LogP) is 0.766. The number of nitrogens with one attached hydrogen (secondary N) is 3. The zero-order valence-electron chi connectivity index (χ0n) is 34.7. The minimum absolute atomic E-state index is 0.0297. The fourth-order valence-corrected chi connectivity index (χ4v) is 8.28. The number of fused-ring (bicyclic) bond motifs is 2. The van der Waals surface area contributed by atoms with Gasteiger partial charge < -0.3 is 45.9 Å². The number of benzene rings is 1. The van der Waals surface area contributed by atoms with E-state index in [4.69, 9.17) is 15.2 Å². The minimum atomic E-state index is -1.64. The first-order valence-corrected chi connectivity index (χ1v) is 21.1. The number of hydrogen-bond donors (Lipinski definition) is 4. The van der Waals surface area contributed by atoms with Gasteiger partial charge in [0.15, 0.2) is 0 Å². The first kappa shape index (κ1) is 46.6. The summed E-state index contributed by atoms with van der Waals surface area (Å²) in [5.41, 5.74) is 5.54. The van der Waals surface area contributed by atoms with Crippen LogP contribution in [-0.2, 0) is 54.3 Å². The van der Waals surface area contributed by atoms with E-state index in [1.165, 1.54) is 29.8 Å². The van der Waals surface area contributed by atoms with Crippen molar-refractivity contribution in [2.75, 3.05) is 39.9 Å². The third-order valence-corrected chi connectivity index (χ3v) is 11.6. The smallest absolute Gasteiger partial charge is 0.328 e. The van der Waals surface area contributed by atoms with Crippen LogP contribution >= 0.6 is 0 Å². The molecule has 0 bridgehead atoms. The second-order valence-corrected chi connectivity index (χ2v) is 16.1. The highest BCUT2D eigenvalue weighted by Gasteiger charge is 2.44. The van der Waals surface area contributed by atoms with Gasteiger partial charge >= 0.3 is 11.9 Å². The molecule has 4 aliphatic rings. The lowest BCUT2D eigenvalue weighted by Gasteiger charge is -2.35. The highest BCUT2D eigenvalue weighted by atomic mass is 19.1. The van der Waals surface area contributed by atoms with Crippen molar-refractivity contribution < 1.29 is 56.6 Å². The Morgan fingerprint density at radius 1 is 0.918 bits per heavy atom. The largest absolute Gasteiger partial charge is 0.463 e. The molecule has 4 fully saturated rings. The number of allylic oxidation sites excluding steroid dienone is 1. The first-order valence-electron chi connectivity index (χ1n) is 21.1. The molecular formula is C42H57F2N7O10. The van der Waals surface area contributed by atoms with E-state index >= 15 is 0 Å². The molecule has 0 spiro atoms. The summed E-state index contributed by atoms with van der Waals surface area (Å²) in [5.74, 6) is -7.80. The molecule has 334 valence electrons. The van der Waals surface area contributed by atoms with Crippen LogP contribution < -0.4 is 21.7 Å². The number of amides is 6. The number of carbonyl (C=O) groups is 8. The monoisotopic (exact) mass is 857 g/mol. The van der Waals surface area contributed by atoms with Gasteiger partial charge in [-0.3, -0.25) is 33.6 Å². The average Bonchev–Trinajstić information content (AvgIpc) is 3.93. The zero-order valence-corrected chi connectivity index (χ0v) is 34.7. The van der Waals surface area contributed by atoms with Gasteiger partial charge in [0.2, 0.25) is 35.4 Å². The van der Waals surface area contributed by atoms with Gasteiger partial charge in [0.1, 0.15) is 61.1 Å². The number of rotatable bonds is 12. The van der Waals surface area contributed by atoms with Crippen LogP contribution in [0.2, 0.25) is 0 Å². The third-order valence-electron chi connectivity index (χ3n) is 11.6. The minimum Gasteiger partial charge on any atom is -0.463 e. The molecule has 5 N–H and O–H groups in total. The van der Waals surface area contributed by atoms with E-state index in [1.54, 1.807) is 6.08 Å². The van der Waals surface area contributed by atoms with Crippen molar-refractivity contribution in [2.24, 2.45) is 11.7 Å². The lowest BCUT2D eigenvalue weighted by molar-refractivity contribution is -0.158. The molecule has 3 heterocycles. The van der Waals surface area contributed by atoms with Crippen LogP contribution in [0, 0.1) is 17.6 Å². The van der Waals surface area contributed by atoms with E-state index in [2.05, 4.69) is 16.0 Å². The third kappa shape index (κ3) is 12.5. The highest BCUT2D eigenvalue weighted by Crippen LogP contribution is 2.26. The second-order valence-electron chi connectivity index (χ2n) is 16.1. The summed E-state index contributed by atoms with van der Waals surface area (Å²) in [5, 5.41) is 7.74. The molecule has 0 aromatic heterocycles. The normalized spacial score (nSPS) is 25.2. The summed E-state index contributed by atoms with van der Waals surface area (Å²) in [6.07, 6.45) is 8.98. The van der Waals surface area contributed by atoms with E-state index in [0.717, 1.165) is 49.1 Å². The predicted molar refractivity (Wildman–Crippen MR) is 213 cm³/mol. The van der Waals surface area contributed by atoms with Crippen molar-refractivity contribution >= 4 is 47.4 Å². The molecule has 1 saturated carbocycles. The Bertz CT molecular complexity index is 1820. The van der Waals surface area contributed by atoms with Gasteiger partial charge in [0.05, 0.1) is 0 Å². The Labute approximate surface area is 353 Å². The number of halogens is 2. The second kappa shape index (κ2) is 21.9. The maximum atomic E-state index is 14.5. The molecule has 1 aromatic carbocycles. The van der Waals surface area contributed by atoms with Crippen molar-refractivity contribution in [3.8, 4) is 0 Å². The molecule has 19 heteroatoms. The van der Waals surface area contributed by atoms with E-state index in [9.17, 15) is 47.1 Å². The molecule has 1 aliphatic carbocycles. The van der Waals surface area contributed by atoms with Crippen LogP contribution in [0.5, 0.6) is 0 Å². The van der Waals surface area contributed by atoms with Crippen LogP contribution in [0.15, 0.2) is 30.4 Å². The first-order chi connectivity index (χ1) is 29.2. The SMILES string of the molecule is C[C@@H]1NC(=O)[C@H](COC(=O)CCCN)N(C)C(=O)[C@@H]2CCCN2C(=O)[C@@H](NC(=O)[C@H](Cc2cc(F)cc(F)c2)NC(=O)/C=C/C2CCCCC2)COC(=O)[C@@H]2CCCN2C1=O. The van der Waals surface area contributed by atoms with Crippen LogP contribution in [-0.4, -0.2) is 138 Å². The van der Waals surface area contributed by atoms with Gasteiger partial charge in [0, 0.05) is 39.0 Å². The number of esters is 2. The van der Waals surface area contributed by atoms with Crippen LogP contribution in [0.4, 0.5) is 8.78 Å². The Hall–Kier alpha value is -5.46. The van der Waals surface area contributed by atoms with Crippen LogP contribution in [0.1, 0.15) is 83.1 Å². The Morgan fingerprint density at radius 2 is 1.57 bits per heavy atom. The molecule has 3 aliphatic heterocycles. The summed E-state index contributed by atoms with van der Waals surface area (Å²) in [4.78, 5) is 113. The zero-order chi connectivity index (χ0) is 44.2. The lowest BCUT2D eigenvalue weighted by atomic mass is 9.89. The Kier molecular flexibility index (Phi) is 16.7. The molecule has 61 heavy (non-hydrogen) atoms. The Morgan fingerprint density at radius 3 is 2.25 bits per heavy atom. The van der Waals surface area contributed by atoms with E-state index in [-0.39, 0.29) is 50.4 Å². The van der Waals surface area contributed by atoms with Crippen molar-refractivity contribution in [3.05, 3.63) is 47.5 Å². The number of cyclic esters (lactones) is 1. The van der Waals surface area contributed by atoms with Gasteiger partial charge in [-0.05, 0) is 88.1 Å². The fraction of sp³-hybridized carbons (Fsp3) is 0.619. The topological polar surface area (TPSA) is 227 Å². The van der Waals surface area contributed by atoms with E-state index in [0.29, 0.717) is 25.3 Å². The van der Waals surface area contributed by atoms with Crippen LogP contribution in [0.3, 0.4) is 0 Å². The number of likely N-dealkylation sites (N-methyl/N-ethyl adjacent to an activating group) is 1. The van der Waals surface area contributed by atoms with Gasteiger partial charge in [-0.15, -0.1) is 0 Å². The summed E-state index contributed by atoms with van der Waals surface area (Å²) >= 11 is 0. The molecule has 6 amide bonds. The number of nitrogens with zero attached hydrogens (tertiary/aromatic N) is 3. The number of nitrogens with two attached hydrogens (primary N) is 1. The quantitative estimate of drug-likeness (QED) is 0.170. The summed E-state index contributed by atoms with van der Waals surface area (Å²) in [6, 6.07) is -5.34. The van der Waals surface area contributed by atoms with Crippen molar-refractivity contribution in [2.45, 2.75) is 120 Å². The fourth-order valence-electron chi connectivity index (χ4n) is 8.28. The lowest BCUT2D eigenvalue weighted by Crippen LogP contribution is -2.61. The highest BCUT2D eigenvalue weighted by molar-refractivity contribution is 5.98. The van der Waals surface area contributed by atoms with Crippen molar-refractivity contribution in [3.63, 3.8) is 0 Å². The molecule has 3 saturated heterocycles. The summed E-state index contributed by atoms with van der Waals surface area (Å²) in [6.45, 7) is 0.498. The van der Waals surface area contributed by atoms with Crippen molar-refractivity contribution in [1.29, 1.82) is 0 Å². The van der Waals surface area contributed by atoms with Crippen molar-refractivity contribution in [1.82, 2.24) is 30.7 Å². The Balaban J connectivity index is 1.45. The molecule has 5 rings (SSSR count). The maximum absolute atomic E-state index is 14.5. The molecule has 0 radical (unpaired) electrons. The number of ether oxygens (including phenoxy) is 2. The summed E-state index contributed by atoms with van der Waals surface area (Å²) in [7, 11) is 1.31. The number of carbonyl (C=O) groups excluding carboxylic acids is 8. The molecule has 0 unspecified atom stereocenters. The molecular weight excluding hydrogens is 800 g/mol. The standard InChI is InChI=1S/C42H57F2N7O10/c1-25-39(56)51-18-8-12-33(51)42(59)61-23-31(40(57)50-17-7-11-32(50)41(58)49(2)34(38(55)46-25)24-60-36(53)13-6-16-45)48-37(54)30(21-27-19-28(43)22-29(44)20-27)47-35(52)15-14-26-9-4-3-5-10-26/h14-15,19-20,22,25-26,30-34H,3-13,16-18,21,23-24,45H2,1-2H3,(H,46,55)(H,47,52)(H,48,54)/b15-14+/t25-,30-,31-,32-,33-,34-/m0/s1. The van der Waals surface area contributed by atoms with Gasteiger partial charge in [-0.2, -0.15) is 0 Å². The average molecular weight is 858 g/mol. The van der Waals surface area contributed by atoms with Crippen LogP contribution in [0.25, 0.3) is 0 Å². The maximum Gasteiger partial charge on any atom is 0.328 e. The molecule has 6 atom stereocenters. The number of hydrogen-bond acceptors (Lipinski definition) is 11. The molecule has 17 nitrogen and oxygen atoms in total. The van der Waals surface area contributed by atoms with Gasteiger partial charge in [-0.25, -0.2) is 13.6 Å². The van der Waals surface area contributed by atoms with E-state index in [1.807, 2.05) is 0 Å². The summed E-state index contributed by atoms with van der Waals surface area (Å²) < 4.78 is 39.6. The van der Waals surface area contributed by atoms with Gasteiger partial charge in [-0.1, -0.05) is 25.3 Å². The molecule has 1 aromatic rings.